The highest BCUT2D eigenvalue weighted by Crippen LogP contribution is 2.31. The maximum absolute atomic E-state index is 13.6. The molecule has 2 amide bonds. The summed E-state index contributed by atoms with van der Waals surface area (Å²) in [7, 11) is -3.75. The maximum Gasteiger partial charge on any atom is 0.252 e. The van der Waals surface area contributed by atoms with Crippen LogP contribution in [0, 0.1) is 11.7 Å². The van der Waals surface area contributed by atoms with Crippen LogP contribution in [0.2, 0.25) is 5.02 Å². The Hall–Kier alpha value is -2.45. The standard InChI is InChI=1S/C19H18ClFN2O4S/c1-12-11-28(26,27)23(19(12)25)14-6-7-15(16(20)10-14)18(24)22-9-8-13-4-2-3-5-17(13)21/h2-7,10,12H,8-9,11H2,1H3,(H,22,24)/t12-/m0/s1. The summed E-state index contributed by atoms with van der Waals surface area (Å²) >= 11 is 6.15. The summed E-state index contributed by atoms with van der Waals surface area (Å²) in [6.45, 7) is 1.74. The first kappa shape index (κ1) is 20.3. The van der Waals surface area contributed by atoms with Crippen molar-refractivity contribution in [2.45, 2.75) is 13.3 Å². The van der Waals surface area contributed by atoms with E-state index in [9.17, 15) is 22.4 Å². The first-order valence-electron chi connectivity index (χ1n) is 8.58. The molecule has 1 aliphatic rings. The third-order valence-corrected chi connectivity index (χ3v) is 6.61. The lowest BCUT2D eigenvalue weighted by atomic mass is 10.1. The van der Waals surface area contributed by atoms with E-state index in [1.807, 2.05) is 0 Å². The summed E-state index contributed by atoms with van der Waals surface area (Å²) in [5, 5.41) is 2.66. The average molecular weight is 425 g/mol. The third kappa shape index (κ3) is 4.02. The lowest BCUT2D eigenvalue weighted by Gasteiger charge is -2.16. The number of nitrogens with one attached hydrogen (secondary N) is 1. The molecule has 0 aliphatic carbocycles. The smallest absolute Gasteiger partial charge is 0.252 e. The molecule has 0 bridgehead atoms. The first-order chi connectivity index (χ1) is 13.2. The summed E-state index contributed by atoms with van der Waals surface area (Å²) in [6.07, 6.45) is 0.312. The van der Waals surface area contributed by atoms with E-state index in [4.69, 9.17) is 11.6 Å². The van der Waals surface area contributed by atoms with Crippen molar-refractivity contribution in [1.29, 1.82) is 0 Å². The molecule has 148 valence electrons. The fourth-order valence-corrected chi connectivity index (χ4v) is 5.08. The van der Waals surface area contributed by atoms with E-state index in [1.54, 1.807) is 25.1 Å². The maximum atomic E-state index is 13.6. The van der Waals surface area contributed by atoms with Gasteiger partial charge in [-0.2, -0.15) is 0 Å². The molecular weight excluding hydrogens is 407 g/mol. The van der Waals surface area contributed by atoms with Gasteiger partial charge in [0.1, 0.15) is 5.82 Å². The molecule has 28 heavy (non-hydrogen) atoms. The number of rotatable bonds is 5. The Morgan fingerprint density at radius 3 is 2.61 bits per heavy atom. The van der Waals surface area contributed by atoms with Crippen molar-refractivity contribution in [3.05, 3.63) is 64.4 Å². The quantitative estimate of drug-likeness (QED) is 0.800. The van der Waals surface area contributed by atoms with E-state index in [1.165, 1.54) is 24.3 Å². The number of hydrogen-bond acceptors (Lipinski definition) is 4. The molecule has 1 aliphatic heterocycles. The summed E-state index contributed by atoms with van der Waals surface area (Å²) in [4.78, 5) is 24.5. The van der Waals surface area contributed by atoms with E-state index >= 15 is 0 Å². The largest absolute Gasteiger partial charge is 0.352 e. The van der Waals surface area contributed by atoms with Crippen LogP contribution >= 0.6 is 11.6 Å². The Labute approximate surface area is 167 Å². The lowest BCUT2D eigenvalue weighted by Crippen LogP contribution is -2.30. The molecule has 1 fully saturated rings. The lowest BCUT2D eigenvalue weighted by molar-refractivity contribution is -0.119. The molecule has 0 spiro atoms. The average Bonchev–Trinajstić information content (AvgIpc) is 2.83. The van der Waals surface area contributed by atoms with Crippen molar-refractivity contribution in [2.24, 2.45) is 5.92 Å². The zero-order valence-electron chi connectivity index (χ0n) is 15.0. The highest BCUT2D eigenvalue weighted by molar-refractivity contribution is 7.94. The van der Waals surface area contributed by atoms with Gasteiger partial charge < -0.3 is 5.32 Å². The van der Waals surface area contributed by atoms with Crippen LogP contribution in [0.15, 0.2) is 42.5 Å². The zero-order chi connectivity index (χ0) is 20.5. The van der Waals surface area contributed by atoms with Crippen LogP contribution in [0.5, 0.6) is 0 Å². The van der Waals surface area contributed by atoms with Gasteiger partial charge in [0, 0.05) is 6.54 Å². The first-order valence-corrected chi connectivity index (χ1v) is 10.6. The molecule has 2 aromatic carbocycles. The Kier molecular flexibility index (Phi) is 5.71. The number of carbonyl (C=O) groups excluding carboxylic acids is 2. The summed E-state index contributed by atoms with van der Waals surface area (Å²) in [6, 6.07) is 10.3. The van der Waals surface area contributed by atoms with Gasteiger partial charge in [-0.3, -0.25) is 9.59 Å². The van der Waals surface area contributed by atoms with Gasteiger partial charge in [0.15, 0.2) is 0 Å². The molecule has 1 saturated heterocycles. The van der Waals surface area contributed by atoms with Crippen LogP contribution in [-0.4, -0.2) is 32.5 Å². The van der Waals surface area contributed by atoms with Crippen molar-refractivity contribution in [2.75, 3.05) is 16.6 Å². The number of amides is 2. The molecule has 9 heteroatoms. The molecule has 1 N–H and O–H groups in total. The predicted molar refractivity (Wildman–Crippen MR) is 104 cm³/mol. The van der Waals surface area contributed by atoms with Crippen LogP contribution in [0.25, 0.3) is 0 Å². The fraction of sp³-hybridized carbons (Fsp3) is 0.263. The number of anilines is 1. The van der Waals surface area contributed by atoms with Crippen molar-refractivity contribution in [3.63, 3.8) is 0 Å². The normalized spacial score (nSPS) is 18.3. The predicted octanol–water partition coefficient (Wildman–Crippen LogP) is 2.76. The molecule has 0 saturated carbocycles. The number of benzene rings is 2. The fourth-order valence-electron chi connectivity index (χ4n) is 3.01. The Morgan fingerprint density at radius 2 is 2.00 bits per heavy atom. The number of sulfonamides is 1. The SMILES string of the molecule is C[C@H]1CS(=O)(=O)N(c2ccc(C(=O)NCCc3ccccc3F)c(Cl)c2)C1=O. The number of halogens is 2. The molecular formula is C19H18ClFN2O4S. The van der Waals surface area contributed by atoms with Gasteiger partial charge in [0.25, 0.3) is 5.91 Å². The van der Waals surface area contributed by atoms with Gasteiger partial charge in [0.2, 0.25) is 15.9 Å². The summed E-state index contributed by atoms with van der Waals surface area (Å²) in [5.74, 6) is -2.24. The van der Waals surface area contributed by atoms with Gasteiger partial charge in [0.05, 0.1) is 27.9 Å². The van der Waals surface area contributed by atoms with Crippen molar-refractivity contribution in [1.82, 2.24) is 5.32 Å². The van der Waals surface area contributed by atoms with Gasteiger partial charge in [-0.15, -0.1) is 0 Å². The van der Waals surface area contributed by atoms with E-state index < -0.39 is 27.8 Å². The van der Waals surface area contributed by atoms with Crippen LogP contribution in [0.3, 0.4) is 0 Å². The number of carbonyl (C=O) groups is 2. The monoisotopic (exact) mass is 424 g/mol. The summed E-state index contributed by atoms with van der Waals surface area (Å²) in [5.41, 5.74) is 0.717. The van der Waals surface area contributed by atoms with E-state index in [0.29, 0.717) is 12.0 Å². The molecule has 0 aromatic heterocycles. The summed E-state index contributed by atoms with van der Waals surface area (Å²) < 4.78 is 38.7. The van der Waals surface area contributed by atoms with Crippen molar-refractivity contribution in [3.8, 4) is 0 Å². The molecule has 0 radical (unpaired) electrons. The molecule has 1 heterocycles. The van der Waals surface area contributed by atoms with E-state index in [0.717, 1.165) is 4.31 Å². The number of hydrogen-bond donors (Lipinski definition) is 1. The highest BCUT2D eigenvalue weighted by Gasteiger charge is 2.42. The topological polar surface area (TPSA) is 83.6 Å². The zero-order valence-corrected chi connectivity index (χ0v) is 16.6. The number of nitrogens with zero attached hydrogens (tertiary/aromatic N) is 1. The van der Waals surface area contributed by atoms with Crippen molar-refractivity contribution >= 4 is 39.1 Å². The molecule has 3 rings (SSSR count). The third-order valence-electron chi connectivity index (χ3n) is 4.43. The minimum absolute atomic E-state index is 0.0171. The minimum Gasteiger partial charge on any atom is -0.352 e. The molecule has 0 unspecified atom stereocenters. The van der Waals surface area contributed by atoms with Crippen molar-refractivity contribution < 1.29 is 22.4 Å². The second kappa shape index (κ2) is 7.89. The second-order valence-electron chi connectivity index (χ2n) is 6.54. The molecule has 1 atom stereocenters. The van der Waals surface area contributed by atoms with Gasteiger partial charge in [-0.05, 0) is 36.2 Å². The Bertz CT molecular complexity index is 1040. The van der Waals surface area contributed by atoms with Crippen LogP contribution in [-0.2, 0) is 21.2 Å². The van der Waals surface area contributed by atoms with Gasteiger partial charge in [-0.25, -0.2) is 17.1 Å². The van der Waals surface area contributed by atoms with Crippen LogP contribution < -0.4 is 9.62 Å². The highest BCUT2D eigenvalue weighted by atomic mass is 35.5. The van der Waals surface area contributed by atoms with Crippen LogP contribution in [0.4, 0.5) is 10.1 Å². The van der Waals surface area contributed by atoms with Crippen LogP contribution in [0.1, 0.15) is 22.8 Å². The Morgan fingerprint density at radius 1 is 1.29 bits per heavy atom. The van der Waals surface area contributed by atoms with Gasteiger partial charge >= 0.3 is 0 Å². The Balaban J connectivity index is 1.71. The second-order valence-corrected chi connectivity index (χ2v) is 8.81. The van der Waals surface area contributed by atoms with Gasteiger partial charge in [-0.1, -0.05) is 36.7 Å². The molecule has 2 aromatic rings. The molecule has 6 nitrogen and oxygen atoms in total. The minimum atomic E-state index is -3.75. The van der Waals surface area contributed by atoms with E-state index in [-0.39, 0.29) is 34.4 Å². The van der Waals surface area contributed by atoms with E-state index in [2.05, 4.69) is 5.32 Å².